The molecule has 0 saturated heterocycles. The average molecular weight is 336 g/mol. The molecule has 0 saturated carbocycles. The van der Waals surface area contributed by atoms with Crippen molar-refractivity contribution in [2.45, 2.75) is 26.4 Å². The zero-order chi connectivity index (χ0) is 16.2. The molecule has 0 atom stereocenters. The monoisotopic (exact) mass is 335 g/mol. The van der Waals surface area contributed by atoms with Gasteiger partial charge in [-0.05, 0) is 20.8 Å². The summed E-state index contributed by atoms with van der Waals surface area (Å²) in [5, 5.41) is 14.8. The molecule has 1 amide bonds. The average Bonchev–Trinajstić information content (AvgIpc) is 2.63. The molecule has 8 nitrogen and oxygen atoms in total. The van der Waals surface area contributed by atoms with Crippen LogP contribution in [0.3, 0.4) is 0 Å². The first-order valence-corrected chi connectivity index (χ1v) is 6.84. The van der Waals surface area contributed by atoms with Gasteiger partial charge in [-0.3, -0.25) is 5.32 Å². The van der Waals surface area contributed by atoms with Crippen molar-refractivity contribution in [2.24, 2.45) is 5.16 Å². The Labute approximate surface area is 129 Å². The number of nitrogens with one attached hydrogen (secondary N) is 1. The summed E-state index contributed by atoms with van der Waals surface area (Å²) in [4.78, 5) is 31.0. The number of hydrogen-bond donors (Lipinski definition) is 2. The van der Waals surface area contributed by atoms with Gasteiger partial charge in [0.25, 0.3) is 0 Å². The van der Waals surface area contributed by atoms with E-state index in [1.165, 1.54) is 7.11 Å². The number of nitrogens with zero attached hydrogens (tertiary/aromatic N) is 2. The van der Waals surface area contributed by atoms with Gasteiger partial charge in [-0.25, -0.2) is 14.6 Å². The number of amides is 1. The number of ether oxygens (including phenoxy) is 1. The molecule has 1 aromatic rings. The Kier molecular flexibility index (Phi) is 5.50. The normalized spacial score (nSPS) is 12.0. The molecule has 0 aliphatic carbocycles. The molecule has 0 fully saturated rings. The van der Waals surface area contributed by atoms with Crippen LogP contribution in [0.15, 0.2) is 5.16 Å². The Morgan fingerprint density at radius 3 is 2.52 bits per heavy atom. The molecule has 116 valence electrons. The number of anilines is 1. The molecule has 1 aromatic heterocycles. The summed E-state index contributed by atoms with van der Waals surface area (Å²) in [6, 6.07) is 0. The standard InChI is InChI=1S/C11H14ClN3O5S/c1-11(2,3)20-10(18)14-9-13-5(7(12)21-9)6(8(16)17)15-19-4/h1-4H3,(H,16,17)(H,13,14,18)/b15-6-. The Balaban J connectivity index is 2.95. The molecule has 0 unspecified atom stereocenters. The van der Waals surface area contributed by atoms with Crippen molar-refractivity contribution >= 4 is 45.8 Å². The van der Waals surface area contributed by atoms with Crippen molar-refractivity contribution in [3.8, 4) is 0 Å². The van der Waals surface area contributed by atoms with E-state index in [0.717, 1.165) is 11.3 Å². The second kappa shape index (κ2) is 6.72. The van der Waals surface area contributed by atoms with Gasteiger partial charge >= 0.3 is 12.1 Å². The number of aromatic nitrogens is 1. The van der Waals surface area contributed by atoms with Crippen LogP contribution in [0.5, 0.6) is 0 Å². The molecular weight excluding hydrogens is 322 g/mol. The highest BCUT2D eigenvalue weighted by atomic mass is 35.5. The lowest BCUT2D eigenvalue weighted by molar-refractivity contribution is -0.129. The van der Waals surface area contributed by atoms with E-state index in [-0.39, 0.29) is 15.2 Å². The quantitative estimate of drug-likeness (QED) is 0.646. The molecule has 2 N–H and O–H groups in total. The third-order valence-electron chi connectivity index (χ3n) is 1.80. The van der Waals surface area contributed by atoms with Gasteiger partial charge in [0.2, 0.25) is 5.71 Å². The summed E-state index contributed by atoms with van der Waals surface area (Å²) < 4.78 is 5.10. The molecule has 0 aromatic carbocycles. The zero-order valence-corrected chi connectivity index (χ0v) is 13.3. The van der Waals surface area contributed by atoms with Gasteiger partial charge in [-0.1, -0.05) is 28.1 Å². The van der Waals surface area contributed by atoms with E-state index in [1.807, 2.05) is 0 Å². The van der Waals surface area contributed by atoms with Crippen LogP contribution in [-0.4, -0.2) is 40.6 Å². The first-order valence-electron chi connectivity index (χ1n) is 5.65. The van der Waals surface area contributed by atoms with E-state index in [9.17, 15) is 9.59 Å². The third kappa shape index (κ3) is 5.20. The number of carbonyl (C=O) groups excluding carboxylic acids is 1. The number of halogens is 1. The first kappa shape index (κ1) is 17.2. The fourth-order valence-corrected chi connectivity index (χ4v) is 2.20. The highest BCUT2D eigenvalue weighted by molar-refractivity contribution is 7.20. The SMILES string of the molecule is CO/N=C(\C(=O)O)c1nc(NC(=O)OC(C)(C)C)sc1Cl. The summed E-state index contributed by atoms with van der Waals surface area (Å²) in [5.74, 6) is -1.35. The smallest absolute Gasteiger partial charge is 0.413 e. The van der Waals surface area contributed by atoms with Gasteiger partial charge in [0, 0.05) is 0 Å². The first-order chi connectivity index (χ1) is 9.64. The highest BCUT2D eigenvalue weighted by Crippen LogP contribution is 2.29. The Morgan fingerprint density at radius 1 is 1.43 bits per heavy atom. The molecule has 0 spiro atoms. The van der Waals surface area contributed by atoms with Gasteiger partial charge in [-0.2, -0.15) is 0 Å². The topological polar surface area (TPSA) is 110 Å². The molecule has 1 heterocycles. The number of hydrogen-bond acceptors (Lipinski definition) is 7. The minimum atomic E-state index is -1.35. The Bertz CT molecular complexity index is 579. The number of carboxylic acids is 1. The number of thiazole rings is 1. The number of oxime groups is 1. The fourth-order valence-electron chi connectivity index (χ4n) is 1.17. The molecular formula is C11H14ClN3O5S. The second-order valence-electron chi connectivity index (χ2n) is 4.70. The zero-order valence-electron chi connectivity index (χ0n) is 11.8. The van der Waals surface area contributed by atoms with Crippen molar-refractivity contribution in [1.82, 2.24) is 4.98 Å². The van der Waals surface area contributed by atoms with Crippen LogP contribution in [0.1, 0.15) is 26.5 Å². The molecule has 0 aliphatic rings. The van der Waals surface area contributed by atoms with E-state index in [0.29, 0.717) is 0 Å². The number of carbonyl (C=O) groups is 2. The van der Waals surface area contributed by atoms with Crippen molar-refractivity contribution in [2.75, 3.05) is 12.4 Å². The summed E-state index contributed by atoms with van der Waals surface area (Å²) >= 11 is 6.78. The van der Waals surface area contributed by atoms with E-state index in [1.54, 1.807) is 20.8 Å². The van der Waals surface area contributed by atoms with Gasteiger partial charge in [-0.15, -0.1) is 0 Å². The van der Waals surface area contributed by atoms with Crippen LogP contribution in [0, 0.1) is 0 Å². The van der Waals surface area contributed by atoms with Crippen LogP contribution in [0.25, 0.3) is 0 Å². The Hall–Kier alpha value is -1.87. The summed E-state index contributed by atoms with van der Waals surface area (Å²) in [5.41, 5.74) is -1.23. The molecule has 21 heavy (non-hydrogen) atoms. The third-order valence-corrected chi connectivity index (χ3v) is 2.97. The maximum Gasteiger partial charge on any atom is 0.413 e. The molecule has 0 aliphatic heterocycles. The van der Waals surface area contributed by atoms with E-state index in [4.69, 9.17) is 21.4 Å². The van der Waals surface area contributed by atoms with Crippen LogP contribution in [0.2, 0.25) is 4.34 Å². The van der Waals surface area contributed by atoms with Gasteiger partial charge < -0.3 is 14.7 Å². The van der Waals surface area contributed by atoms with Crippen LogP contribution >= 0.6 is 22.9 Å². The van der Waals surface area contributed by atoms with Gasteiger partial charge in [0.15, 0.2) is 5.13 Å². The molecule has 1 rings (SSSR count). The fraction of sp³-hybridized carbons (Fsp3) is 0.455. The number of carboxylic acid groups (broad SMARTS) is 1. The Morgan fingerprint density at radius 2 is 2.05 bits per heavy atom. The second-order valence-corrected chi connectivity index (χ2v) is 6.30. The van der Waals surface area contributed by atoms with E-state index < -0.39 is 23.4 Å². The van der Waals surface area contributed by atoms with E-state index >= 15 is 0 Å². The van der Waals surface area contributed by atoms with Crippen molar-refractivity contribution in [1.29, 1.82) is 0 Å². The predicted octanol–water partition coefficient (Wildman–Crippen LogP) is 2.58. The van der Waals surface area contributed by atoms with Gasteiger partial charge in [0.05, 0.1) is 0 Å². The highest BCUT2D eigenvalue weighted by Gasteiger charge is 2.24. The number of rotatable bonds is 4. The predicted molar refractivity (Wildman–Crippen MR) is 78.2 cm³/mol. The van der Waals surface area contributed by atoms with Crippen LogP contribution in [-0.2, 0) is 14.4 Å². The lowest BCUT2D eigenvalue weighted by Crippen LogP contribution is -2.27. The minimum Gasteiger partial charge on any atom is -0.476 e. The van der Waals surface area contributed by atoms with Crippen molar-refractivity contribution < 1.29 is 24.3 Å². The minimum absolute atomic E-state index is 0.0549. The molecule has 10 heteroatoms. The summed E-state index contributed by atoms with van der Waals surface area (Å²) in [6.07, 6.45) is -0.722. The van der Waals surface area contributed by atoms with Crippen molar-refractivity contribution in [3.05, 3.63) is 10.0 Å². The van der Waals surface area contributed by atoms with Gasteiger partial charge in [0.1, 0.15) is 22.7 Å². The maximum atomic E-state index is 11.6. The molecule has 0 bridgehead atoms. The lowest BCUT2D eigenvalue weighted by atomic mass is 10.2. The summed E-state index contributed by atoms with van der Waals surface area (Å²) in [7, 11) is 1.20. The maximum absolute atomic E-state index is 11.6. The van der Waals surface area contributed by atoms with Crippen LogP contribution < -0.4 is 5.32 Å². The summed E-state index contributed by atoms with van der Waals surface area (Å²) in [6.45, 7) is 5.13. The van der Waals surface area contributed by atoms with Crippen LogP contribution in [0.4, 0.5) is 9.93 Å². The largest absolute Gasteiger partial charge is 0.476 e. The molecule has 0 radical (unpaired) electrons. The number of aliphatic carboxylic acids is 1. The van der Waals surface area contributed by atoms with Crippen molar-refractivity contribution in [3.63, 3.8) is 0 Å². The van der Waals surface area contributed by atoms with E-state index in [2.05, 4.69) is 20.3 Å². The lowest BCUT2D eigenvalue weighted by Gasteiger charge is -2.18.